The van der Waals surface area contributed by atoms with Crippen LogP contribution in [0.5, 0.6) is 5.75 Å². The van der Waals surface area contributed by atoms with Crippen molar-refractivity contribution >= 4 is 23.3 Å². The van der Waals surface area contributed by atoms with Crippen molar-refractivity contribution in [2.45, 2.75) is 6.04 Å². The van der Waals surface area contributed by atoms with E-state index in [1.54, 1.807) is 37.6 Å². The zero-order chi connectivity index (χ0) is 18.5. The van der Waals surface area contributed by atoms with Gasteiger partial charge in [0.25, 0.3) is 0 Å². The minimum atomic E-state index is -0.451. The Balaban J connectivity index is 1.88. The SMILES string of the molecule is COc1cccc(C(NC(=O)Nc2ccccc2Cl)c2nccn2C)c1. The summed E-state index contributed by atoms with van der Waals surface area (Å²) in [5, 5.41) is 6.20. The molecule has 1 aromatic heterocycles. The minimum absolute atomic E-state index is 0.381. The lowest BCUT2D eigenvalue weighted by molar-refractivity contribution is 0.249. The van der Waals surface area contributed by atoms with Crippen molar-refractivity contribution in [2.75, 3.05) is 12.4 Å². The van der Waals surface area contributed by atoms with E-state index in [0.29, 0.717) is 22.3 Å². The van der Waals surface area contributed by atoms with Gasteiger partial charge in [-0.25, -0.2) is 9.78 Å². The molecule has 2 N–H and O–H groups in total. The average Bonchev–Trinajstić information content (AvgIpc) is 3.07. The number of hydrogen-bond acceptors (Lipinski definition) is 3. The summed E-state index contributed by atoms with van der Waals surface area (Å²) in [4.78, 5) is 16.9. The lowest BCUT2D eigenvalue weighted by Gasteiger charge is -2.20. The molecule has 0 aliphatic carbocycles. The minimum Gasteiger partial charge on any atom is -0.497 e. The standard InChI is InChI=1S/C19H19ClN4O2/c1-24-11-10-21-18(24)17(13-6-5-7-14(12-13)26-2)23-19(25)22-16-9-4-3-8-15(16)20/h3-12,17H,1-2H3,(H2,22,23,25). The number of imidazole rings is 1. The summed E-state index contributed by atoms with van der Waals surface area (Å²) >= 11 is 6.11. The quantitative estimate of drug-likeness (QED) is 0.713. The first-order valence-corrected chi connectivity index (χ1v) is 8.39. The molecule has 0 aliphatic rings. The molecule has 26 heavy (non-hydrogen) atoms. The van der Waals surface area contributed by atoms with Gasteiger partial charge in [0.15, 0.2) is 0 Å². The van der Waals surface area contributed by atoms with Gasteiger partial charge in [0.1, 0.15) is 17.6 Å². The molecular formula is C19H19ClN4O2. The van der Waals surface area contributed by atoms with Gasteiger partial charge in [-0.1, -0.05) is 35.9 Å². The van der Waals surface area contributed by atoms with Crippen LogP contribution in [-0.2, 0) is 7.05 Å². The van der Waals surface area contributed by atoms with E-state index in [1.807, 2.05) is 42.1 Å². The maximum Gasteiger partial charge on any atom is 0.320 e. The highest BCUT2D eigenvalue weighted by Crippen LogP contribution is 2.25. The van der Waals surface area contributed by atoms with Crippen molar-refractivity contribution in [3.05, 3.63) is 77.3 Å². The number of urea groups is 1. The fourth-order valence-electron chi connectivity index (χ4n) is 2.63. The molecule has 0 saturated carbocycles. The van der Waals surface area contributed by atoms with Crippen LogP contribution in [0.15, 0.2) is 60.9 Å². The van der Waals surface area contributed by atoms with Crippen LogP contribution < -0.4 is 15.4 Å². The van der Waals surface area contributed by atoms with E-state index in [-0.39, 0.29) is 6.03 Å². The third kappa shape index (κ3) is 3.97. The Hall–Kier alpha value is -2.99. The number of carbonyl (C=O) groups is 1. The van der Waals surface area contributed by atoms with E-state index in [2.05, 4.69) is 15.6 Å². The number of ether oxygens (including phenoxy) is 1. The lowest BCUT2D eigenvalue weighted by Crippen LogP contribution is -2.34. The molecule has 1 atom stereocenters. The molecule has 0 aliphatic heterocycles. The van der Waals surface area contributed by atoms with Crippen LogP contribution in [-0.4, -0.2) is 22.7 Å². The number of anilines is 1. The third-order valence-electron chi connectivity index (χ3n) is 3.94. The first-order valence-electron chi connectivity index (χ1n) is 8.01. The number of methoxy groups -OCH3 is 1. The highest BCUT2D eigenvalue weighted by molar-refractivity contribution is 6.33. The molecule has 2 aromatic carbocycles. The monoisotopic (exact) mass is 370 g/mol. The highest BCUT2D eigenvalue weighted by atomic mass is 35.5. The smallest absolute Gasteiger partial charge is 0.320 e. The van der Waals surface area contributed by atoms with Crippen molar-refractivity contribution in [3.8, 4) is 5.75 Å². The first-order chi connectivity index (χ1) is 12.6. The summed E-state index contributed by atoms with van der Waals surface area (Å²) in [7, 11) is 3.48. The number of para-hydroxylation sites is 1. The van der Waals surface area contributed by atoms with Crippen LogP contribution in [0.4, 0.5) is 10.5 Å². The van der Waals surface area contributed by atoms with Crippen LogP contribution in [0.2, 0.25) is 5.02 Å². The van der Waals surface area contributed by atoms with Crippen LogP contribution >= 0.6 is 11.6 Å². The summed E-state index contributed by atoms with van der Waals surface area (Å²) in [6.07, 6.45) is 3.52. The molecule has 0 radical (unpaired) electrons. The Morgan fingerprint density at radius 2 is 2.04 bits per heavy atom. The Morgan fingerprint density at radius 3 is 2.73 bits per heavy atom. The second-order valence-corrected chi connectivity index (χ2v) is 6.09. The summed E-state index contributed by atoms with van der Waals surface area (Å²) < 4.78 is 7.16. The summed E-state index contributed by atoms with van der Waals surface area (Å²) in [5.74, 6) is 1.41. The lowest BCUT2D eigenvalue weighted by atomic mass is 10.1. The van der Waals surface area contributed by atoms with E-state index in [1.165, 1.54) is 0 Å². The summed E-state index contributed by atoms with van der Waals surface area (Å²) in [6, 6.07) is 13.7. The van der Waals surface area contributed by atoms with Crippen LogP contribution in [0.25, 0.3) is 0 Å². The number of nitrogens with zero attached hydrogens (tertiary/aromatic N) is 2. The molecular weight excluding hydrogens is 352 g/mol. The van der Waals surface area contributed by atoms with E-state index in [9.17, 15) is 4.79 Å². The zero-order valence-corrected chi connectivity index (χ0v) is 15.2. The van der Waals surface area contributed by atoms with Gasteiger partial charge >= 0.3 is 6.03 Å². The Labute approximate surface area is 156 Å². The highest BCUT2D eigenvalue weighted by Gasteiger charge is 2.21. The number of hydrogen-bond donors (Lipinski definition) is 2. The summed E-state index contributed by atoms with van der Waals surface area (Å²) in [6.45, 7) is 0. The largest absolute Gasteiger partial charge is 0.497 e. The Morgan fingerprint density at radius 1 is 1.23 bits per heavy atom. The second-order valence-electron chi connectivity index (χ2n) is 5.68. The number of aryl methyl sites for hydroxylation is 1. The molecule has 3 aromatic rings. The van der Waals surface area contributed by atoms with E-state index < -0.39 is 6.04 Å². The fourth-order valence-corrected chi connectivity index (χ4v) is 2.81. The molecule has 2 amide bonds. The van der Waals surface area contributed by atoms with Gasteiger partial charge in [-0.3, -0.25) is 0 Å². The molecule has 134 valence electrons. The molecule has 3 rings (SSSR count). The first kappa shape index (κ1) is 17.8. The number of amides is 2. The molecule has 6 nitrogen and oxygen atoms in total. The number of nitrogens with one attached hydrogen (secondary N) is 2. The Bertz CT molecular complexity index is 910. The maximum atomic E-state index is 12.6. The maximum absolute atomic E-state index is 12.6. The van der Waals surface area contributed by atoms with Crippen molar-refractivity contribution in [3.63, 3.8) is 0 Å². The topological polar surface area (TPSA) is 68.2 Å². The normalized spacial score (nSPS) is 11.7. The van der Waals surface area contributed by atoms with Crippen LogP contribution in [0.1, 0.15) is 17.4 Å². The zero-order valence-electron chi connectivity index (χ0n) is 14.4. The number of halogens is 1. The van der Waals surface area contributed by atoms with Crippen LogP contribution in [0.3, 0.4) is 0 Å². The van der Waals surface area contributed by atoms with Crippen molar-refractivity contribution in [1.82, 2.24) is 14.9 Å². The van der Waals surface area contributed by atoms with E-state index in [0.717, 1.165) is 5.56 Å². The predicted molar refractivity (Wildman–Crippen MR) is 102 cm³/mol. The van der Waals surface area contributed by atoms with Gasteiger partial charge in [-0.2, -0.15) is 0 Å². The van der Waals surface area contributed by atoms with E-state index >= 15 is 0 Å². The number of rotatable bonds is 5. The van der Waals surface area contributed by atoms with Crippen LogP contribution in [0, 0.1) is 0 Å². The molecule has 7 heteroatoms. The van der Waals surface area contributed by atoms with Gasteiger partial charge in [0.05, 0.1) is 17.8 Å². The van der Waals surface area contributed by atoms with Gasteiger partial charge < -0.3 is 19.9 Å². The van der Waals surface area contributed by atoms with E-state index in [4.69, 9.17) is 16.3 Å². The number of carbonyl (C=O) groups excluding carboxylic acids is 1. The third-order valence-corrected chi connectivity index (χ3v) is 4.27. The molecule has 0 saturated heterocycles. The van der Waals surface area contributed by atoms with Gasteiger partial charge in [-0.05, 0) is 29.8 Å². The second kappa shape index (κ2) is 7.93. The predicted octanol–water partition coefficient (Wildman–Crippen LogP) is 3.99. The summed E-state index contributed by atoms with van der Waals surface area (Å²) in [5.41, 5.74) is 1.39. The molecule has 1 heterocycles. The van der Waals surface area contributed by atoms with Gasteiger partial charge in [0, 0.05) is 19.4 Å². The number of benzene rings is 2. The molecule has 1 unspecified atom stereocenters. The van der Waals surface area contributed by atoms with Gasteiger partial charge in [0.2, 0.25) is 0 Å². The van der Waals surface area contributed by atoms with Crippen molar-refractivity contribution < 1.29 is 9.53 Å². The average molecular weight is 371 g/mol. The molecule has 0 spiro atoms. The van der Waals surface area contributed by atoms with Crippen molar-refractivity contribution in [2.24, 2.45) is 7.05 Å². The number of aromatic nitrogens is 2. The van der Waals surface area contributed by atoms with Gasteiger partial charge in [-0.15, -0.1) is 0 Å². The Kier molecular flexibility index (Phi) is 5.43. The van der Waals surface area contributed by atoms with Crippen molar-refractivity contribution in [1.29, 1.82) is 0 Å². The fraction of sp³-hybridized carbons (Fsp3) is 0.158. The molecule has 0 fully saturated rings. The molecule has 0 bridgehead atoms.